The second-order valence-corrected chi connectivity index (χ2v) is 9.30. The number of nitrogens with two attached hydrogens (primary N) is 1. The first-order chi connectivity index (χ1) is 13.0. The Morgan fingerprint density at radius 3 is 1.96 bits per heavy atom. The fraction of sp³-hybridized carbons (Fsp3) is 0.857. The summed E-state index contributed by atoms with van der Waals surface area (Å²) in [5, 5.41) is 2.87. The number of carbonyl (C=O) groups is 3. The number of hydrogen-bond acceptors (Lipinski definition) is 4. The normalized spacial score (nSPS) is 16.2. The van der Waals surface area contributed by atoms with Gasteiger partial charge in [0.2, 0.25) is 17.7 Å². The molecule has 0 bridgehead atoms. The number of amides is 3. The van der Waals surface area contributed by atoms with E-state index < -0.39 is 6.04 Å². The molecule has 1 saturated heterocycles. The first-order valence-electron chi connectivity index (χ1n) is 10.6. The molecule has 28 heavy (non-hydrogen) atoms. The van der Waals surface area contributed by atoms with Gasteiger partial charge in [0, 0.05) is 45.6 Å². The molecule has 0 spiro atoms. The zero-order valence-corrected chi connectivity index (χ0v) is 18.4. The van der Waals surface area contributed by atoms with Crippen LogP contribution in [0.5, 0.6) is 0 Å². The Labute approximate surface area is 170 Å². The molecule has 1 heterocycles. The quantitative estimate of drug-likeness (QED) is 0.581. The molecular weight excluding hydrogens is 356 g/mol. The van der Waals surface area contributed by atoms with E-state index in [0.717, 1.165) is 19.3 Å². The lowest BCUT2D eigenvalue weighted by atomic mass is 9.87. The Balaban J connectivity index is 2.15. The molecule has 0 saturated carbocycles. The molecule has 7 nitrogen and oxygen atoms in total. The van der Waals surface area contributed by atoms with Gasteiger partial charge in [0.25, 0.3) is 0 Å². The van der Waals surface area contributed by atoms with Crippen LogP contribution >= 0.6 is 0 Å². The molecule has 7 heteroatoms. The molecule has 0 aromatic rings. The number of piperazine rings is 1. The van der Waals surface area contributed by atoms with Crippen LogP contribution in [0.4, 0.5) is 0 Å². The minimum Gasteiger partial charge on any atom is -0.355 e. The van der Waals surface area contributed by atoms with Crippen molar-refractivity contribution in [1.29, 1.82) is 0 Å². The highest BCUT2D eigenvalue weighted by molar-refractivity contribution is 5.82. The van der Waals surface area contributed by atoms with E-state index in [0.29, 0.717) is 51.5 Å². The number of rotatable bonds is 9. The number of nitrogens with one attached hydrogen (secondary N) is 1. The second-order valence-electron chi connectivity index (χ2n) is 9.30. The third-order valence-electron chi connectivity index (χ3n) is 5.15. The van der Waals surface area contributed by atoms with Crippen LogP contribution in [0.3, 0.4) is 0 Å². The van der Waals surface area contributed by atoms with E-state index in [2.05, 4.69) is 5.32 Å². The fourth-order valence-electron chi connectivity index (χ4n) is 3.13. The molecule has 1 atom stereocenters. The van der Waals surface area contributed by atoms with Crippen LogP contribution < -0.4 is 11.1 Å². The predicted octanol–water partition coefficient (Wildman–Crippen LogP) is 1.75. The predicted molar refractivity (Wildman–Crippen MR) is 112 cm³/mol. The molecular formula is C21H40N4O3. The van der Waals surface area contributed by atoms with Gasteiger partial charge in [0.15, 0.2) is 0 Å². The van der Waals surface area contributed by atoms with E-state index >= 15 is 0 Å². The van der Waals surface area contributed by atoms with Gasteiger partial charge in [-0.2, -0.15) is 0 Å². The molecule has 0 unspecified atom stereocenters. The summed E-state index contributed by atoms with van der Waals surface area (Å²) in [6, 6.07) is -0.514. The molecule has 3 N–H and O–H groups in total. The lowest BCUT2D eigenvalue weighted by Crippen LogP contribution is -2.50. The monoisotopic (exact) mass is 396 g/mol. The van der Waals surface area contributed by atoms with E-state index in [9.17, 15) is 14.4 Å². The standard InChI is InChI=1S/C21H40N4O3/c1-16(2)15-18(27)25-13-11-24(12-14-25)17(26)9-7-6-8-10-23-20(28)19(22)21(3,4)5/h16,19H,6-15,22H2,1-5H3,(H,23,28)/t19-/m1/s1. The van der Waals surface area contributed by atoms with Crippen LogP contribution in [0.2, 0.25) is 0 Å². The molecule has 162 valence electrons. The van der Waals surface area contributed by atoms with Crippen LogP contribution in [0.15, 0.2) is 0 Å². The van der Waals surface area contributed by atoms with Crippen LogP contribution in [0.25, 0.3) is 0 Å². The summed E-state index contributed by atoms with van der Waals surface area (Å²) in [6.45, 7) is 13.0. The summed E-state index contributed by atoms with van der Waals surface area (Å²) in [7, 11) is 0. The van der Waals surface area contributed by atoms with Gasteiger partial charge >= 0.3 is 0 Å². The fourth-order valence-corrected chi connectivity index (χ4v) is 3.13. The van der Waals surface area contributed by atoms with Crippen molar-refractivity contribution in [1.82, 2.24) is 15.1 Å². The molecule has 0 aromatic carbocycles. The minimum absolute atomic E-state index is 0.117. The smallest absolute Gasteiger partial charge is 0.237 e. The number of nitrogens with zero attached hydrogens (tertiary/aromatic N) is 2. The summed E-state index contributed by atoms with van der Waals surface area (Å²) in [5.74, 6) is 0.597. The SMILES string of the molecule is CC(C)CC(=O)N1CCN(C(=O)CCCCCNC(=O)[C@@H](N)C(C)(C)C)CC1. The summed E-state index contributed by atoms with van der Waals surface area (Å²) >= 11 is 0. The summed E-state index contributed by atoms with van der Waals surface area (Å²) < 4.78 is 0. The maximum absolute atomic E-state index is 12.3. The Morgan fingerprint density at radius 1 is 0.929 bits per heavy atom. The van der Waals surface area contributed by atoms with Gasteiger partial charge < -0.3 is 20.9 Å². The van der Waals surface area contributed by atoms with Crippen molar-refractivity contribution in [2.45, 2.75) is 72.8 Å². The first kappa shape index (κ1) is 24.4. The number of carbonyl (C=O) groups excluding carboxylic acids is 3. The maximum Gasteiger partial charge on any atom is 0.237 e. The van der Waals surface area contributed by atoms with Crippen LogP contribution in [0.1, 0.15) is 66.7 Å². The van der Waals surface area contributed by atoms with Crippen molar-refractivity contribution >= 4 is 17.7 Å². The topological polar surface area (TPSA) is 95.7 Å². The molecule has 0 radical (unpaired) electrons. The van der Waals surface area contributed by atoms with Crippen molar-refractivity contribution in [2.24, 2.45) is 17.1 Å². The van der Waals surface area contributed by atoms with Gasteiger partial charge in [-0.15, -0.1) is 0 Å². The molecule has 1 aliphatic heterocycles. The van der Waals surface area contributed by atoms with E-state index in [1.165, 1.54) is 0 Å². The molecule has 1 fully saturated rings. The van der Waals surface area contributed by atoms with Crippen molar-refractivity contribution in [2.75, 3.05) is 32.7 Å². The summed E-state index contributed by atoms with van der Waals surface area (Å²) in [6.07, 6.45) is 3.64. The van der Waals surface area contributed by atoms with Gasteiger partial charge in [0.1, 0.15) is 0 Å². The van der Waals surface area contributed by atoms with Gasteiger partial charge in [-0.25, -0.2) is 0 Å². The van der Waals surface area contributed by atoms with E-state index in [4.69, 9.17) is 5.73 Å². The highest BCUT2D eigenvalue weighted by Gasteiger charge is 2.27. The molecule has 1 rings (SSSR count). The third kappa shape index (κ3) is 8.59. The van der Waals surface area contributed by atoms with E-state index in [-0.39, 0.29) is 23.1 Å². The first-order valence-corrected chi connectivity index (χ1v) is 10.6. The Hall–Kier alpha value is -1.63. The van der Waals surface area contributed by atoms with Gasteiger partial charge in [-0.05, 0) is 24.2 Å². The average molecular weight is 397 g/mol. The lowest BCUT2D eigenvalue weighted by molar-refractivity contribution is -0.140. The molecule has 3 amide bonds. The highest BCUT2D eigenvalue weighted by Crippen LogP contribution is 2.17. The van der Waals surface area contributed by atoms with E-state index in [1.807, 2.05) is 44.4 Å². The Kier molecular flexibility index (Phi) is 9.93. The second kappa shape index (κ2) is 11.4. The molecule has 0 aromatic heterocycles. The Bertz CT molecular complexity index is 520. The minimum atomic E-state index is -0.514. The molecule has 1 aliphatic rings. The Morgan fingerprint density at radius 2 is 1.46 bits per heavy atom. The van der Waals surface area contributed by atoms with Gasteiger partial charge in [-0.1, -0.05) is 41.0 Å². The van der Waals surface area contributed by atoms with Crippen molar-refractivity contribution in [3.8, 4) is 0 Å². The highest BCUT2D eigenvalue weighted by atomic mass is 16.2. The van der Waals surface area contributed by atoms with Crippen LogP contribution in [-0.4, -0.2) is 66.3 Å². The third-order valence-corrected chi connectivity index (χ3v) is 5.15. The summed E-state index contributed by atoms with van der Waals surface area (Å²) in [4.78, 5) is 40.1. The maximum atomic E-state index is 12.3. The van der Waals surface area contributed by atoms with E-state index in [1.54, 1.807) is 0 Å². The van der Waals surface area contributed by atoms with Crippen molar-refractivity contribution < 1.29 is 14.4 Å². The van der Waals surface area contributed by atoms with Crippen molar-refractivity contribution in [3.05, 3.63) is 0 Å². The zero-order chi connectivity index (χ0) is 21.3. The molecule has 0 aliphatic carbocycles. The zero-order valence-electron chi connectivity index (χ0n) is 18.4. The summed E-state index contributed by atoms with van der Waals surface area (Å²) in [5.41, 5.74) is 5.67. The number of hydrogen-bond donors (Lipinski definition) is 2. The van der Waals surface area contributed by atoms with Gasteiger partial charge in [-0.3, -0.25) is 14.4 Å². The van der Waals surface area contributed by atoms with Crippen molar-refractivity contribution in [3.63, 3.8) is 0 Å². The van der Waals surface area contributed by atoms with Crippen LogP contribution in [-0.2, 0) is 14.4 Å². The average Bonchev–Trinajstić information content (AvgIpc) is 2.62. The lowest BCUT2D eigenvalue weighted by Gasteiger charge is -2.35. The van der Waals surface area contributed by atoms with Gasteiger partial charge in [0.05, 0.1) is 6.04 Å². The van der Waals surface area contributed by atoms with Crippen LogP contribution in [0, 0.1) is 11.3 Å². The number of unbranched alkanes of at least 4 members (excludes halogenated alkanes) is 2. The largest absolute Gasteiger partial charge is 0.355 e.